The van der Waals surface area contributed by atoms with Crippen LogP contribution in [0.3, 0.4) is 0 Å². The normalized spacial score (nSPS) is 14.8. The number of halogens is 4. The number of ether oxygens (including phenoxy) is 1. The lowest BCUT2D eigenvalue weighted by Crippen LogP contribution is -1.98. The van der Waals surface area contributed by atoms with Crippen LogP contribution >= 0.6 is 50.7 Å². The van der Waals surface area contributed by atoms with Crippen molar-refractivity contribution in [2.24, 2.45) is 0 Å². The molecule has 104 valence electrons. The highest BCUT2D eigenvalue weighted by atomic mass is 79.9. The van der Waals surface area contributed by atoms with E-state index in [1.807, 2.05) is 30.3 Å². The van der Waals surface area contributed by atoms with Gasteiger partial charge in [-0.2, -0.15) is 0 Å². The number of hydrogen-bond acceptors (Lipinski definition) is 1. The van der Waals surface area contributed by atoms with Gasteiger partial charge >= 0.3 is 0 Å². The van der Waals surface area contributed by atoms with E-state index in [1.165, 1.54) is 0 Å². The van der Waals surface area contributed by atoms with Crippen LogP contribution in [0.4, 0.5) is 0 Å². The first-order valence-corrected chi connectivity index (χ1v) is 8.09. The van der Waals surface area contributed by atoms with Crippen molar-refractivity contribution in [1.82, 2.24) is 0 Å². The number of alkyl halides is 1. The second-order valence-corrected chi connectivity index (χ2v) is 6.81. The molecule has 3 rings (SSSR count). The van der Waals surface area contributed by atoms with Gasteiger partial charge in [-0.3, -0.25) is 0 Å². The van der Waals surface area contributed by atoms with Gasteiger partial charge in [0.25, 0.3) is 0 Å². The van der Waals surface area contributed by atoms with Crippen LogP contribution in [0.1, 0.15) is 22.1 Å². The fourth-order valence-electron chi connectivity index (χ4n) is 2.36. The summed E-state index contributed by atoms with van der Waals surface area (Å²) in [4.78, 5) is 0. The lowest BCUT2D eigenvalue weighted by molar-refractivity contribution is 0.353. The zero-order valence-electron chi connectivity index (χ0n) is 10.3. The molecule has 1 unspecified atom stereocenters. The predicted octanol–water partition coefficient (Wildman–Crippen LogP) is 6.02. The van der Waals surface area contributed by atoms with E-state index in [1.54, 1.807) is 0 Å². The van der Waals surface area contributed by atoms with Crippen molar-refractivity contribution in [3.63, 3.8) is 0 Å². The summed E-state index contributed by atoms with van der Waals surface area (Å²) in [6, 6.07) is 9.40. The maximum absolute atomic E-state index is 6.62. The van der Waals surface area contributed by atoms with Gasteiger partial charge in [-0.25, -0.2) is 0 Å². The van der Waals surface area contributed by atoms with Crippen LogP contribution in [0.15, 0.2) is 34.8 Å². The van der Waals surface area contributed by atoms with Crippen molar-refractivity contribution in [1.29, 1.82) is 0 Å². The van der Waals surface area contributed by atoms with E-state index in [4.69, 9.17) is 39.5 Å². The minimum Gasteiger partial charge on any atom is -0.493 e. The Bertz CT molecular complexity index is 672. The minimum atomic E-state index is -0.398. The summed E-state index contributed by atoms with van der Waals surface area (Å²) in [6.07, 6.45) is 0.860. The summed E-state index contributed by atoms with van der Waals surface area (Å²) in [5.74, 6) is 0.838. The van der Waals surface area contributed by atoms with Crippen molar-refractivity contribution in [2.45, 2.75) is 11.8 Å². The molecule has 0 amide bonds. The first-order chi connectivity index (χ1) is 9.56. The first kappa shape index (κ1) is 14.5. The van der Waals surface area contributed by atoms with E-state index < -0.39 is 5.38 Å². The molecular weight excluding hydrogens is 382 g/mol. The molecule has 5 heteroatoms. The molecule has 1 heterocycles. The summed E-state index contributed by atoms with van der Waals surface area (Å²) < 4.78 is 6.63. The number of hydrogen-bond donors (Lipinski definition) is 0. The molecule has 1 atom stereocenters. The zero-order valence-corrected chi connectivity index (χ0v) is 14.2. The molecule has 0 aromatic heterocycles. The Morgan fingerprint density at radius 2 is 1.90 bits per heavy atom. The van der Waals surface area contributed by atoms with Crippen LogP contribution in [-0.4, -0.2) is 6.61 Å². The Labute approximate surface area is 140 Å². The highest BCUT2D eigenvalue weighted by Gasteiger charge is 2.24. The molecular formula is C15H10BrCl3O. The van der Waals surface area contributed by atoms with E-state index in [9.17, 15) is 0 Å². The van der Waals surface area contributed by atoms with Crippen LogP contribution in [0.25, 0.3) is 0 Å². The third-order valence-electron chi connectivity index (χ3n) is 3.28. The van der Waals surface area contributed by atoms with Crippen LogP contribution in [0.5, 0.6) is 5.75 Å². The van der Waals surface area contributed by atoms with Crippen molar-refractivity contribution in [3.05, 3.63) is 61.5 Å². The molecule has 1 aliphatic heterocycles. The van der Waals surface area contributed by atoms with Crippen molar-refractivity contribution < 1.29 is 4.74 Å². The van der Waals surface area contributed by atoms with Gasteiger partial charge in [0, 0.05) is 26.5 Å². The number of fused-ring (bicyclic) bond motifs is 1. The second kappa shape index (κ2) is 5.76. The molecule has 0 spiro atoms. The molecule has 0 fully saturated rings. The third kappa shape index (κ3) is 2.67. The van der Waals surface area contributed by atoms with Gasteiger partial charge in [-0.15, -0.1) is 11.6 Å². The molecule has 0 saturated carbocycles. The Hall–Kier alpha value is -0.410. The highest BCUT2D eigenvalue weighted by molar-refractivity contribution is 9.10. The van der Waals surface area contributed by atoms with Crippen LogP contribution in [0, 0.1) is 0 Å². The Balaban J connectivity index is 2.11. The Morgan fingerprint density at radius 3 is 2.70 bits per heavy atom. The average molecular weight is 393 g/mol. The third-order valence-corrected chi connectivity index (χ3v) is 4.81. The molecule has 0 bridgehead atoms. The van der Waals surface area contributed by atoms with Crippen LogP contribution < -0.4 is 4.74 Å². The molecule has 1 aliphatic rings. The molecule has 20 heavy (non-hydrogen) atoms. The smallest absolute Gasteiger partial charge is 0.127 e. The summed E-state index contributed by atoms with van der Waals surface area (Å²) >= 11 is 22.5. The van der Waals surface area contributed by atoms with Gasteiger partial charge in [-0.1, -0.05) is 39.1 Å². The summed E-state index contributed by atoms with van der Waals surface area (Å²) in [5.41, 5.74) is 2.80. The number of benzene rings is 2. The van der Waals surface area contributed by atoms with Gasteiger partial charge < -0.3 is 4.74 Å². The highest BCUT2D eigenvalue weighted by Crippen LogP contribution is 2.43. The topological polar surface area (TPSA) is 9.23 Å². The van der Waals surface area contributed by atoms with Crippen molar-refractivity contribution in [3.8, 4) is 5.75 Å². The molecule has 0 aliphatic carbocycles. The Kier molecular flexibility index (Phi) is 4.19. The van der Waals surface area contributed by atoms with Gasteiger partial charge in [-0.05, 0) is 41.5 Å². The molecule has 1 nitrogen and oxygen atoms in total. The zero-order chi connectivity index (χ0) is 14.3. The first-order valence-electron chi connectivity index (χ1n) is 6.10. The predicted molar refractivity (Wildman–Crippen MR) is 87.5 cm³/mol. The largest absolute Gasteiger partial charge is 0.493 e. The minimum absolute atomic E-state index is 0.398. The quantitative estimate of drug-likeness (QED) is 0.568. The van der Waals surface area contributed by atoms with E-state index in [2.05, 4.69) is 15.9 Å². The van der Waals surface area contributed by atoms with E-state index in [0.717, 1.165) is 33.3 Å². The molecule has 2 aromatic rings. The molecule has 0 saturated heterocycles. The van der Waals surface area contributed by atoms with E-state index >= 15 is 0 Å². The fraction of sp³-hybridized carbons (Fsp3) is 0.200. The average Bonchev–Trinajstić information content (AvgIpc) is 2.87. The van der Waals surface area contributed by atoms with Gasteiger partial charge in [0.05, 0.1) is 12.0 Å². The van der Waals surface area contributed by atoms with Crippen molar-refractivity contribution in [2.75, 3.05) is 6.61 Å². The van der Waals surface area contributed by atoms with E-state index in [-0.39, 0.29) is 0 Å². The van der Waals surface area contributed by atoms with Gasteiger partial charge in [0.2, 0.25) is 0 Å². The maximum Gasteiger partial charge on any atom is 0.127 e. The lowest BCUT2D eigenvalue weighted by atomic mass is 10.0. The molecule has 0 radical (unpaired) electrons. The van der Waals surface area contributed by atoms with E-state index in [0.29, 0.717) is 16.7 Å². The number of rotatable bonds is 2. The Morgan fingerprint density at radius 1 is 1.10 bits per heavy atom. The summed E-state index contributed by atoms with van der Waals surface area (Å²) in [7, 11) is 0. The summed E-state index contributed by atoms with van der Waals surface area (Å²) in [5, 5.41) is 0.895. The van der Waals surface area contributed by atoms with Crippen molar-refractivity contribution >= 4 is 50.7 Å². The second-order valence-electron chi connectivity index (χ2n) is 4.61. The standard InChI is InChI=1S/C15H10BrCl3O/c16-9-1-2-13(18)11(6-9)14(19)12-7-10(17)5-8-3-4-20-15(8)12/h1-2,5-7,14H,3-4H2. The maximum atomic E-state index is 6.62. The van der Waals surface area contributed by atoms with Crippen LogP contribution in [-0.2, 0) is 6.42 Å². The SMILES string of the molecule is Clc1cc2c(c(C(Cl)c3cc(Br)ccc3Cl)c1)OCC2. The molecule has 0 N–H and O–H groups in total. The summed E-state index contributed by atoms with van der Waals surface area (Å²) in [6.45, 7) is 0.665. The monoisotopic (exact) mass is 390 g/mol. The fourth-order valence-corrected chi connectivity index (χ4v) is 3.62. The van der Waals surface area contributed by atoms with Gasteiger partial charge in [0.1, 0.15) is 5.75 Å². The molecule has 2 aromatic carbocycles. The van der Waals surface area contributed by atoms with Crippen LogP contribution in [0.2, 0.25) is 10.0 Å². The lowest BCUT2D eigenvalue weighted by Gasteiger charge is -2.16. The van der Waals surface area contributed by atoms with Gasteiger partial charge in [0.15, 0.2) is 0 Å².